The second-order valence-electron chi connectivity index (χ2n) is 20.1. The van der Waals surface area contributed by atoms with Gasteiger partial charge in [-0.1, -0.05) is 157 Å². The van der Waals surface area contributed by atoms with Crippen LogP contribution in [0.15, 0.2) is 0 Å². The molecule has 0 saturated carbocycles. The first-order chi connectivity index (χ1) is 33.0. The third kappa shape index (κ3) is 42.2. The summed E-state index contributed by atoms with van der Waals surface area (Å²) in [5.74, 6) is -1.10. The highest BCUT2D eigenvalue weighted by atomic mass is 16.6. The summed E-state index contributed by atoms with van der Waals surface area (Å²) in [6.07, 6.45) is 34.7. The lowest BCUT2D eigenvalue weighted by molar-refractivity contribution is -0.151. The van der Waals surface area contributed by atoms with E-state index in [9.17, 15) is 24.0 Å². The average Bonchev–Trinajstić information content (AvgIpc) is 3.32. The van der Waals surface area contributed by atoms with Gasteiger partial charge in [0.1, 0.15) is 12.2 Å². The molecule has 2 unspecified atom stereocenters. The van der Waals surface area contributed by atoms with Crippen LogP contribution in [0.4, 0.5) is 0 Å². The lowest BCUT2D eigenvalue weighted by Crippen LogP contribution is -2.39. The molecular formula is C57H108N2O9. The summed E-state index contributed by atoms with van der Waals surface area (Å²) in [4.78, 5) is 68.7. The molecule has 1 amide bonds. The van der Waals surface area contributed by atoms with Crippen molar-refractivity contribution in [3.63, 3.8) is 0 Å². The quantitative estimate of drug-likeness (QED) is 0.0330. The molecule has 0 rings (SSSR count). The van der Waals surface area contributed by atoms with Crippen LogP contribution >= 0.6 is 0 Å². The average molecular weight is 965 g/mol. The number of carbonyl (C=O) groups is 5. The van der Waals surface area contributed by atoms with Gasteiger partial charge in [0.05, 0.1) is 13.2 Å². The molecule has 0 heterocycles. The van der Waals surface area contributed by atoms with Gasteiger partial charge in [0, 0.05) is 51.1 Å². The maximum atomic E-state index is 13.7. The van der Waals surface area contributed by atoms with Crippen LogP contribution in [0, 0.1) is 5.92 Å². The minimum absolute atomic E-state index is 0.00231. The van der Waals surface area contributed by atoms with E-state index in [0.29, 0.717) is 45.2 Å². The van der Waals surface area contributed by atoms with Crippen molar-refractivity contribution in [3.8, 4) is 0 Å². The maximum absolute atomic E-state index is 13.7. The van der Waals surface area contributed by atoms with E-state index in [1.54, 1.807) is 0 Å². The highest BCUT2D eigenvalue weighted by molar-refractivity contribution is 5.76. The van der Waals surface area contributed by atoms with Gasteiger partial charge in [0.25, 0.3) is 0 Å². The highest BCUT2D eigenvalue weighted by Gasteiger charge is 2.23. The lowest BCUT2D eigenvalue weighted by atomic mass is 10.1. The van der Waals surface area contributed by atoms with Crippen LogP contribution in [0.3, 0.4) is 0 Å². The molecule has 0 saturated heterocycles. The van der Waals surface area contributed by atoms with Gasteiger partial charge >= 0.3 is 23.9 Å². The molecule has 0 N–H and O–H groups in total. The van der Waals surface area contributed by atoms with Crippen LogP contribution in [-0.4, -0.2) is 98.7 Å². The molecule has 0 bridgehead atoms. The van der Waals surface area contributed by atoms with Gasteiger partial charge in [0.15, 0.2) is 0 Å². The number of amides is 1. The smallest absolute Gasteiger partial charge is 0.306 e. The molecule has 0 aliphatic heterocycles. The molecule has 11 nitrogen and oxygen atoms in total. The molecule has 0 aliphatic rings. The molecular weight excluding hydrogens is 857 g/mol. The first kappa shape index (κ1) is 65.3. The number of esters is 4. The van der Waals surface area contributed by atoms with Crippen molar-refractivity contribution in [2.45, 2.75) is 284 Å². The zero-order valence-corrected chi connectivity index (χ0v) is 45.5. The summed E-state index contributed by atoms with van der Waals surface area (Å²) in [6.45, 7) is 12.9. The monoisotopic (exact) mass is 965 g/mol. The van der Waals surface area contributed by atoms with Gasteiger partial charge in [-0.25, -0.2) is 0 Å². The molecule has 0 aromatic heterocycles. The largest absolute Gasteiger partial charge is 0.465 e. The number of rotatable bonds is 50. The molecule has 0 aliphatic carbocycles. The van der Waals surface area contributed by atoms with Gasteiger partial charge in [-0.15, -0.1) is 0 Å². The van der Waals surface area contributed by atoms with Crippen molar-refractivity contribution in [2.24, 2.45) is 5.92 Å². The van der Waals surface area contributed by atoms with Crippen LogP contribution in [0.25, 0.3) is 0 Å². The number of hydrogen-bond acceptors (Lipinski definition) is 10. The molecule has 0 aromatic rings. The van der Waals surface area contributed by atoms with Crippen molar-refractivity contribution in [1.29, 1.82) is 0 Å². The predicted octanol–water partition coefficient (Wildman–Crippen LogP) is 14.4. The zero-order valence-electron chi connectivity index (χ0n) is 45.5. The molecule has 0 aromatic carbocycles. The Morgan fingerprint density at radius 1 is 0.382 bits per heavy atom. The Balaban J connectivity index is 5.09. The Labute approximate surface area is 418 Å². The molecule has 68 heavy (non-hydrogen) atoms. The van der Waals surface area contributed by atoms with E-state index in [1.807, 2.05) is 19.0 Å². The zero-order chi connectivity index (χ0) is 50.3. The van der Waals surface area contributed by atoms with E-state index < -0.39 is 0 Å². The fraction of sp³-hybridized carbons (Fsp3) is 0.912. The molecule has 2 atom stereocenters. The minimum Gasteiger partial charge on any atom is -0.465 e. The van der Waals surface area contributed by atoms with Crippen molar-refractivity contribution < 1.29 is 42.9 Å². The predicted molar refractivity (Wildman–Crippen MR) is 280 cm³/mol. The molecule has 11 heteroatoms. The Kier molecular flexibility index (Phi) is 46.1. The maximum Gasteiger partial charge on any atom is 0.306 e. The van der Waals surface area contributed by atoms with E-state index in [4.69, 9.17) is 18.9 Å². The summed E-state index contributed by atoms with van der Waals surface area (Å²) in [5, 5.41) is 0. The SMILES string of the molecule is CCCCCCCCC(=O)N(CCCCN(C)C)CC(COC(=O)CCCCCCC(=O)OC(CC)CCCCCCCC)COC(=O)CCCCCCC(=O)OC(CC)CCCCCCCC. The van der Waals surface area contributed by atoms with E-state index in [-0.39, 0.29) is 74.0 Å². The van der Waals surface area contributed by atoms with Gasteiger partial charge < -0.3 is 28.7 Å². The standard InChI is InChI=1S/C57H108N2O9/c1-8-13-16-19-22-29-38-51(11-4)67-56(63)43-34-27-25-32-41-54(61)65-48-50(47-59(46-37-36-45-58(6)7)53(60)40-31-24-21-18-15-10-3)49-66-55(62)42-33-26-28-35-44-57(64)68-52(12-5)39-30-23-20-17-14-9-2/h50-52H,8-49H2,1-7H3. The normalized spacial score (nSPS) is 12.7. The third-order valence-electron chi connectivity index (χ3n) is 13.1. The summed E-state index contributed by atoms with van der Waals surface area (Å²) in [6, 6.07) is 0. The van der Waals surface area contributed by atoms with Crippen molar-refractivity contribution >= 4 is 29.8 Å². The fourth-order valence-corrected chi connectivity index (χ4v) is 8.57. The summed E-state index contributed by atoms with van der Waals surface area (Å²) in [7, 11) is 4.10. The van der Waals surface area contributed by atoms with Gasteiger partial charge in [-0.05, 0) is 104 Å². The Morgan fingerprint density at radius 3 is 1.10 bits per heavy atom. The summed E-state index contributed by atoms with van der Waals surface area (Å²) < 4.78 is 23.1. The first-order valence-electron chi connectivity index (χ1n) is 28.6. The topological polar surface area (TPSA) is 129 Å². The van der Waals surface area contributed by atoms with Crippen molar-refractivity contribution in [3.05, 3.63) is 0 Å². The second kappa shape index (κ2) is 48.0. The van der Waals surface area contributed by atoms with Gasteiger partial charge in [-0.2, -0.15) is 0 Å². The molecule has 0 radical (unpaired) electrons. The molecule has 400 valence electrons. The van der Waals surface area contributed by atoms with Gasteiger partial charge in [-0.3, -0.25) is 24.0 Å². The Morgan fingerprint density at radius 2 is 0.721 bits per heavy atom. The fourth-order valence-electron chi connectivity index (χ4n) is 8.57. The van der Waals surface area contributed by atoms with Crippen molar-refractivity contribution in [1.82, 2.24) is 9.80 Å². The van der Waals surface area contributed by atoms with Crippen LogP contribution in [-0.2, 0) is 42.9 Å². The first-order valence-corrected chi connectivity index (χ1v) is 28.6. The Bertz CT molecular complexity index is 1150. The van der Waals surface area contributed by atoms with E-state index in [2.05, 4.69) is 39.5 Å². The number of carbonyl (C=O) groups excluding carboxylic acids is 5. The van der Waals surface area contributed by atoms with Crippen molar-refractivity contribution in [2.75, 3.05) is 46.9 Å². The number of ether oxygens (including phenoxy) is 4. The minimum atomic E-state index is -0.344. The second-order valence-corrected chi connectivity index (χ2v) is 20.1. The number of hydrogen-bond donors (Lipinski definition) is 0. The van der Waals surface area contributed by atoms with Crippen LogP contribution in [0.5, 0.6) is 0 Å². The van der Waals surface area contributed by atoms with E-state index in [0.717, 1.165) is 116 Å². The van der Waals surface area contributed by atoms with Crippen LogP contribution in [0.2, 0.25) is 0 Å². The molecule has 0 fully saturated rings. The highest BCUT2D eigenvalue weighted by Crippen LogP contribution is 2.18. The Hall–Kier alpha value is -2.69. The van der Waals surface area contributed by atoms with E-state index >= 15 is 0 Å². The number of unbranched alkanes of at least 4 members (excludes halogenated alkanes) is 22. The lowest BCUT2D eigenvalue weighted by Gasteiger charge is -2.28. The third-order valence-corrected chi connectivity index (χ3v) is 13.1. The molecule has 0 spiro atoms. The summed E-state index contributed by atoms with van der Waals surface area (Å²) in [5.41, 5.74) is 0. The van der Waals surface area contributed by atoms with Crippen LogP contribution in [0.1, 0.15) is 272 Å². The van der Waals surface area contributed by atoms with Crippen LogP contribution < -0.4 is 0 Å². The van der Waals surface area contributed by atoms with Gasteiger partial charge in [0.2, 0.25) is 5.91 Å². The summed E-state index contributed by atoms with van der Waals surface area (Å²) >= 11 is 0. The number of nitrogens with zero attached hydrogens (tertiary/aromatic N) is 2. The van der Waals surface area contributed by atoms with E-state index in [1.165, 1.54) is 83.5 Å².